The minimum atomic E-state index is -4.23. The maximum absolute atomic E-state index is 14.4. The second kappa shape index (κ2) is 14.6. The van der Waals surface area contributed by atoms with Gasteiger partial charge in [0.1, 0.15) is 12.6 Å². The van der Waals surface area contributed by atoms with Crippen LogP contribution in [-0.4, -0.2) is 44.3 Å². The molecular weight excluding hydrogens is 605 g/mol. The molecule has 4 aromatic rings. The van der Waals surface area contributed by atoms with Gasteiger partial charge in [-0.05, 0) is 61.4 Å². The minimum absolute atomic E-state index is 0.0135. The zero-order valence-corrected chi connectivity index (χ0v) is 26.2. The van der Waals surface area contributed by atoms with Crippen LogP contribution in [0.25, 0.3) is 0 Å². The molecule has 4 rings (SSSR count). The van der Waals surface area contributed by atoms with Crippen LogP contribution in [0.5, 0.6) is 0 Å². The normalized spacial score (nSPS) is 11.9. The van der Waals surface area contributed by atoms with E-state index in [9.17, 15) is 18.0 Å². The second-order valence-corrected chi connectivity index (χ2v) is 12.7. The van der Waals surface area contributed by atoms with Gasteiger partial charge in [-0.25, -0.2) is 8.42 Å². The Labute approximate surface area is 263 Å². The lowest BCUT2D eigenvalue weighted by Crippen LogP contribution is -2.53. The standard InChI is InChI=1S/C33H33Cl2N3O4S/c1-3-36-33(40)31(21-25-9-5-4-6-10-25)37(22-26-15-17-27(34)18-16-26)32(39)23-38(30-12-8-7-11-29(30)35)43(41,42)28-19-13-24(2)14-20-28/h4-20,31H,3,21-23H2,1-2H3,(H,36,40). The molecule has 0 fully saturated rings. The summed E-state index contributed by atoms with van der Waals surface area (Å²) >= 11 is 12.6. The first kappa shape index (κ1) is 32.1. The molecule has 0 heterocycles. The highest BCUT2D eigenvalue weighted by Crippen LogP contribution is 2.31. The molecule has 0 aromatic heterocycles. The van der Waals surface area contributed by atoms with E-state index in [1.165, 1.54) is 17.0 Å². The fourth-order valence-electron chi connectivity index (χ4n) is 4.64. The number of sulfonamides is 1. The van der Waals surface area contributed by atoms with Gasteiger partial charge in [0.05, 0.1) is 15.6 Å². The van der Waals surface area contributed by atoms with Crippen LogP contribution in [0.3, 0.4) is 0 Å². The van der Waals surface area contributed by atoms with Crippen LogP contribution in [0.4, 0.5) is 5.69 Å². The summed E-state index contributed by atoms with van der Waals surface area (Å²) in [6, 6.07) is 28.2. The van der Waals surface area contributed by atoms with Gasteiger partial charge < -0.3 is 10.2 Å². The largest absolute Gasteiger partial charge is 0.355 e. The van der Waals surface area contributed by atoms with Crippen molar-refractivity contribution in [1.82, 2.24) is 10.2 Å². The third-order valence-corrected chi connectivity index (χ3v) is 9.24. The molecule has 7 nitrogen and oxygen atoms in total. The Kier molecular flexibility index (Phi) is 10.9. The maximum Gasteiger partial charge on any atom is 0.264 e. The molecule has 0 bridgehead atoms. The van der Waals surface area contributed by atoms with Crippen molar-refractivity contribution in [3.05, 3.63) is 130 Å². The first-order chi connectivity index (χ1) is 20.6. The molecule has 0 aliphatic carbocycles. The zero-order valence-electron chi connectivity index (χ0n) is 23.9. The molecule has 10 heteroatoms. The van der Waals surface area contributed by atoms with E-state index in [4.69, 9.17) is 23.2 Å². The minimum Gasteiger partial charge on any atom is -0.355 e. The maximum atomic E-state index is 14.4. The van der Waals surface area contributed by atoms with Gasteiger partial charge in [-0.1, -0.05) is 95.5 Å². The van der Waals surface area contributed by atoms with E-state index >= 15 is 0 Å². The predicted molar refractivity (Wildman–Crippen MR) is 172 cm³/mol. The molecule has 0 aliphatic heterocycles. The van der Waals surface area contributed by atoms with E-state index in [2.05, 4.69) is 5.32 Å². The summed E-state index contributed by atoms with van der Waals surface area (Å²) in [6.07, 6.45) is 0.225. The van der Waals surface area contributed by atoms with Crippen LogP contribution >= 0.6 is 23.2 Å². The van der Waals surface area contributed by atoms with Crippen molar-refractivity contribution in [2.45, 2.75) is 37.8 Å². The number of hydrogen-bond acceptors (Lipinski definition) is 4. The topological polar surface area (TPSA) is 86.8 Å². The lowest BCUT2D eigenvalue weighted by atomic mass is 10.0. The Bertz CT molecular complexity index is 1650. The summed E-state index contributed by atoms with van der Waals surface area (Å²) in [5, 5.41) is 3.54. The molecule has 4 aromatic carbocycles. The number of amides is 2. The molecule has 2 amide bonds. The Morgan fingerprint density at radius 1 is 0.814 bits per heavy atom. The summed E-state index contributed by atoms with van der Waals surface area (Å²) in [6.45, 7) is 3.48. The van der Waals surface area contributed by atoms with E-state index in [1.807, 2.05) is 37.3 Å². The van der Waals surface area contributed by atoms with Crippen molar-refractivity contribution in [3.63, 3.8) is 0 Å². The van der Waals surface area contributed by atoms with Gasteiger partial charge in [-0.2, -0.15) is 0 Å². The van der Waals surface area contributed by atoms with Gasteiger partial charge in [0.15, 0.2) is 0 Å². The van der Waals surface area contributed by atoms with Crippen LogP contribution in [0, 0.1) is 6.92 Å². The number of likely N-dealkylation sites (N-methyl/N-ethyl adjacent to an activating group) is 1. The molecule has 0 saturated heterocycles. The summed E-state index contributed by atoms with van der Waals surface area (Å²) < 4.78 is 29.1. The molecule has 0 aliphatic rings. The Morgan fingerprint density at radius 3 is 2.07 bits per heavy atom. The molecule has 1 atom stereocenters. The number of benzene rings is 4. The van der Waals surface area contributed by atoms with E-state index in [1.54, 1.807) is 67.6 Å². The van der Waals surface area contributed by atoms with Crippen LogP contribution in [0.1, 0.15) is 23.6 Å². The van der Waals surface area contributed by atoms with Gasteiger partial charge >= 0.3 is 0 Å². The average molecular weight is 639 g/mol. The van der Waals surface area contributed by atoms with Crippen molar-refractivity contribution in [2.75, 3.05) is 17.4 Å². The highest BCUT2D eigenvalue weighted by Gasteiger charge is 2.35. The number of nitrogens with one attached hydrogen (secondary N) is 1. The first-order valence-electron chi connectivity index (χ1n) is 13.8. The molecule has 0 saturated carbocycles. The molecule has 1 unspecified atom stereocenters. The Morgan fingerprint density at radius 2 is 1.44 bits per heavy atom. The van der Waals surface area contributed by atoms with E-state index in [0.29, 0.717) is 11.6 Å². The van der Waals surface area contributed by atoms with Crippen molar-refractivity contribution in [3.8, 4) is 0 Å². The summed E-state index contributed by atoms with van der Waals surface area (Å²) in [5.74, 6) is -0.919. The number of rotatable bonds is 12. The lowest BCUT2D eigenvalue weighted by Gasteiger charge is -2.34. The molecule has 0 radical (unpaired) electrons. The van der Waals surface area contributed by atoms with Crippen LogP contribution < -0.4 is 9.62 Å². The quantitative estimate of drug-likeness (QED) is 0.198. The first-order valence-corrected chi connectivity index (χ1v) is 16.0. The number of carbonyl (C=O) groups is 2. The van der Waals surface area contributed by atoms with Gasteiger partial charge in [-0.3, -0.25) is 13.9 Å². The van der Waals surface area contributed by atoms with Gasteiger partial charge in [0.2, 0.25) is 11.8 Å². The highest BCUT2D eigenvalue weighted by molar-refractivity contribution is 7.92. The summed E-state index contributed by atoms with van der Waals surface area (Å²) in [7, 11) is -4.23. The van der Waals surface area contributed by atoms with Crippen molar-refractivity contribution in [2.24, 2.45) is 0 Å². The second-order valence-electron chi connectivity index (χ2n) is 10.0. The van der Waals surface area contributed by atoms with Gasteiger partial charge in [0, 0.05) is 24.5 Å². The van der Waals surface area contributed by atoms with Gasteiger partial charge in [-0.15, -0.1) is 0 Å². The highest BCUT2D eigenvalue weighted by atomic mass is 35.5. The average Bonchev–Trinajstić information content (AvgIpc) is 3.00. The summed E-state index contributed by atoms with van der Waals surface area (Å²) in [4.78, 5) is 29.3. The van der Waals surface area contributed by atoms with Gasteiger partial charge in [0.25, 0.3) is 10.0 Å². The number of carbonyl (C=O) groups excluding carboxylic acids is 2. The van der Waals surface area contributed by atoms with E-state index in [-0.39, 0.29) is 34.5 Å². The number of hydrogen-bond donors (Lipinski definition) is 1. The molecule has 1 N–H and O–H groups in total. The predicted octanol–water partition coefficient (Wildman–Crippen LogP) is 6.27. The number of nitrogens with zero attached hydrogens (tertiary/aromatic N) is 2. The SMILES string of the molecule is CCNC(=O)C(Cc1ccccc1)N(Cc1ccc(Cl)cc1)C(=O)CN(c1ccccc1Cl)S(=O)(=O)c1ccc(C)cc1. The monoisotopic (exact) mass is 637 g/mol. The Balaban J connectivity index is 1.80. The number of halogens is 2. The third kappa shape index (κ3) is 8.16. The number of para-hydroxylation sites is 1. The third-order valence-electron chi connectivity index (χ3n) is 6.90. The fourth-order valence-corrected chi connectivity index (χ4v) is 6.48. The van der Waals surface area contributed by atoms with Crippen molar-refractivity contribution < 1.29 is 18.0 Å². The van der Waals surface area contributed by atoms with Crippen molar-refractivity contribution in [1.29, 1.82) is 0 Å². The number of aryl methyl sites for hydroxylation is 1. The molecule has 43 heavy (non-hydrogen) atoms. The zero-order chi connectivity index (χ0) is 31.0. The van der Waals surface area contributed by atoms with Crippen LogP contribution in [0.15, 0.2) is 108 Å². The smallest absolute Gasteiger partial charge is 0.264 e. The van der Waals surface area contributed by atoms with E-state index in [0.717, 1.165) is 21.0 Å². The van der Waals surface area contributed by atoms with Crippen molar-refractivity contribution >= 4 is 50.7 Å². The molecule has 224 valence electrons. The van der Waals surface area contributed by atoms with Crippen LogP contribution in [0.2, 0.25) is 10.0 Å². The molecule has 0 spiro atoms. The van der Waals surface area contributed by atoms with Crippen LogP contribution in [-0.2, 0) is 32.6 Å². The number of anilines is 1. The fraction of sp³-hybridized carbons (Fsp3) is 0.212. The molecular formula is C33H33Cl2N3O4S. The van der Waals surface area contributed by atoms with E-state index < -0.39 is 28.5 Å². The summed E-state index contributed by atoms with van der Waals surface area (Å²) in [5.41, 5.74) is 2.62. The Hall–Kier alpha value is -3.85. The lowest BCUT2D eigenvalue weighted by molar-refractivity contribution is -0.140.